The van der Waals surface area contributed by atoms with Crippen LogP contribution in [-0.4, -0.2) is 15.3 Å². The number of hydrogen-bond donors (Lipinski definition) is 0. The second-order valence-electron chi connectivity index (χ2n) is 2.73. The molecule has 0 bridgehead atoms. The topological polar surface area (TPSA) is 61.3 Å². The second kappa shape index (κ2) is 4.18. The Morgan fingerprint density at radius 2 is 2.23 bits per heavy atom. The summed E-state index contributed by atoms with van der Waals surface area (Å²) in [5, 5.41) is 0.249. The predicted molar refractivity (Wildman–Crippen MR) is 46.4 cm³/mol. The van der Waals surface area contributed by atoms with E-state index in [9.17, 15) is 4.79 Å². The SMILES string of the molecule is CC(=O)OOc1nc(C(C)C)ns1. The third kappa shape index (κ3) is 2.98. The van der Waals surface area contributed by atoms with Gasteiger partial charge in [-0.2, -0.15) is 9.36 Å². The van der Waals surface area contributed by atoms with Gasteiger partial charge in [-0.1, -0.05) is 13.8 Å². The fourth-order valence-electron chi connectivity index (χ4n) is 0.583. The Morgan fingerprint density at radius 1 is 1.54 bits per heavy atom. The van der Waals surface area contributed by atoms with Crippen molar-refractivity contribution >= 4 is 17.5 Å². The summed E-state index contributed by atoms with van der Waals surface area (Å²) in [6.07, 6.45) is 0. The average molecular weight is 202 g/mol. The minimum atomic E-state index is -0.513. The molecule has 0 atom stereocenters. The molecule has 0 fully saturated rings. The molecule has 0 radical (unpaired) electrons. The molecule has 0 spiro atoms. The van der Waals surface area contributed by atoms with Gasteiger partial charge >= 0.3 is 11.2 Å². The van der Waals surface area contributed by atoms with Gasteiger partial charge in [0.2, 0.25) is 0 Å². The smallest absolute Gasteiger partial charge is 0.253 e. The van der Waals surface area contributed by atoms with Gasteiger partial charge < -0.3 is 0 Å². The molecule has 72 valence electrons. The van der Waals surface area contributed by atoms with Crippen LogP contribution in [0.1, 0.15) is 32.5 Å². The summed E-state index contributed by atoms with van der Waals surface area (Å²) in [7, 11) is 0. The van der Waals surface area contributed by atoms with Gasteiger partial charge in [0.15, 0.2) is 0 Å². The van der Waals surface area contributed by atoms with Crippen molar-refractivity contribution in [2.24, 2.45) is 0 Å². The van der Waals surface area contributed by atoms with Gasteiger partial charge in [-0.05, 0) is 0 Å². The molecule has 0 saturated heterocycles. The van der Waals surface area contributed by atoms with Crippen LogP contribution in [0, 0.1) is 0 Å². The van der Waals surface area contributed by atoms with Gasteiger partial charge in [-0.25, -0.2) is 9.68 Å². The lowest BCUT2D eigenvalue weighted by molar-refractivity contribution is -0.210. The largest absolute Gasteiger partial charge is 0.352 e. The quantitative estimate of drug-likeness (QED) is 0.549. The maximum Gasteiger partial charge on any atom is 0.352 e. The van der Waals surface area contributed by atoms with E-state index >= 15 is 0 Å². The van der Waals surface area contributed by atoms with Crippen molar-refractivity contribution in [3.05, 3.63) is 5.82 Å². The Morgan fingerprint density at radius 3 is 2.69 bits per heavy atom. The highest BCUT2D eigenvalue weighted by atomic mass is 32.1. The zero-order valence-corrected chi connectivity index (χ0v) is 8.42. The third-order valence-corrected chi connectivity index (χ3v) is 1.76. The average Bonchev–Trinajstić information content (AvgIpc) is 2.48. The first-order valence-electron chi connectivity index (χ1n) is 3.78. The van der Waals surface area contributed by atoms with Crippen molar-refractivity contribution in [2.75, 3.05) is 0 Å². The van der Waals surface area contributed by atoms with Crippen LogP contribution in [-0.2, 0) is 9.68 Å². The van der Waals surface area contributed by atoms with Gasteiger partial charge in [0.25, 0.3) is 0 Å². The number of nitrogens with zero attached hydrogens (tertiary/aromatic N) is 2. The summed E-state index contributed by atoms with van der Waals surface area (Å²) < 4.78 is 4.01. The first-order chi connectivity index (χ1) is 6.09. The van der Waals surface area contributed by atoms with E-state index in [0.717, 1.165) is 11.5 Å². The van der Waals surface area contributed by atoms with E-state index in [1.165, 1.54) is 6.92 Å². The Kier molecular flexibility index (Phi) is 3.18. The minimum absolute atomic E-state index is 0.242. The highest BCUT2D eigenvalue weighted by Crippen LogP contribution is 2.19. The monoisotopic (exact) mass is 202 g/mol. The number of carbonyl (C=O) groups is 1. The third-order valence-electron chi connectivity index (χ3n) is 1.17. The molecule has 0 saturated carbocycles. The number of aromatic nitrogens is 2. The maximum atomic E-state index is 10.4. The lowest BCUT2D eigenvalue weighted by Gasteiger charge is -1.96. The minimum Gasteiger partial charge on any atom is -0.253 e. The van der Waals surface area contributed by atoms with Crippen LogP contribution < -0.4 is 4.89 Å². The summed E-state index contributed by atoms with van der Waals surface area (Å²) in [5.74, 6) is 0.416. The van der Waals surface area contributed by atoms with Gasteiger partial charge in [0.05, 0.1) is 0 Å². The maximum absolute atomic E-state index is 10.4. The number of carbonyl (C=O) groups excluding carboxylic acids is 1. The van der Waals surface area contributed by atoms with Crippen LogP contribution in [0.2, 0.25) is 0 Å². The number of rotatable bonds is 3. The molecule has 0 aliphatic rings. The van der Waals surface area contributed by atoms with Crippen molar-refractivity contribution < 1.29 is 14.6 Å². The van der Waals surface area contributed by atoms with E-state index < -0.39 is 5.97 Å². The lowest BCUT2D eigenvalue weighted by atomic mass is 10.2. The summed E-state index contributed by atoms with van der Waals surface area (Å²) in [5.41, 5.74) is 0. The first-order valence-corrected chi connectivity index (χ1v) is 4.55. The van der Waals surface area contributed by atoms with Crippen molar-refractivity contribution in [1.29, 1.82) is 0 Å². The summed E-state index contributed by atoms with van der Waals surface area (Å²) in [6.45, 7) is 5.19. The standard InChI is InChI=1S/C7H10N2O3S/c1-4(2)6-8-7(13-9-6)12-11-5(3)10/h4H,1-3H3. The fourth-order valence-corrected chi connectivity index (χ4v) is 1.20. The van der Waals surface area contributed by atoms with Gasteiger partial charge in [0.1, 0.15) is 5.82 Å². The Balaban J connectivity index is 2.54. The van der Waals surface area contributed by atoms with E-state index in [2.05, 4.69) is 19.1 Å². The summed E-state index contributed by atoms with van der Waals surface area (Å²) >= 11 is 1.06. The van der Waals surface area contributed by atoms with Crippen LogP contribution in [0.4, 0.5) is 0 Å². The molecule has 0 aliphatic heterocycles. The molecule has 0 aliphatic carbocycles. The van der Waals surface area contributed by atoms with E-state index in [1.54, 1.807) is 0 Å². The zero-order chi connectivity index (χ0) is 9.84. The fraction of sp³-hybridized carbons (Fsp3) is 0.571. The van der Waals surface area contributed by atoms with Crippen molar-refractivity contribution in [3.63, 3.8) is 0 Å². The van der Waals surface area contributed by atoms with Crippen LogP contribution in [0.15, 0.2) is 0 Å². The van der Waals surface area contributed by atoms with Crippen molar-refractivity contribution in [3.8, 4) is 5.19 Å². The molecule has 1 aromatic rings. The Labute approximate surface area is 79.8 Å². The van der Waals surface area contributed by atoms with E-state index in [-0.39, 0.29) is 11.1 Å². The molecule has 13 heavy (non-hydrogen) atoms. The second-order valence-corrected chi connectivity index (χ2v) is 3.45. The first kappa shape index (κ1) is 9.91. The van der Waals surface area contributed by atoms with E-state index in [4.69, 9.17) is 0 Å². The van der Waals surface area contributed by atoms with Crippen molar-refractivity contribution in [2.45, 2.75) is 26.7 Å². The van der Waals surface area contributed by atoms with E-state index in [0.29, 0.717) is 5.82 Å². The molecule has 1 heterocycles. The zero-order valence-electron chi connectivity index (χ0n) is 7.60. The Bertz CT molecular complexity index is 298. The van der Waals surface area contributed by atoms with Gasteiger partial charge in [-0.3, -0.25) is 4.89 Å². The molecule has 0 unspecified atom stereocenters. The normalized spacial score (nSPS) is 10.2. The predicted octanol–water partition coefficient (Wildman–Crippen LogP) is 1.52. The van der Waals surface area contributed by atoms with Gasteiger partial charge in [0, 0.05) is 24.4 Å². The highest BCUT2D eigenvalue weighted by Gasteiger charge is 2.09. The molecule has 6 heteroatoms. The molecule has 0 amide bonds. The molecule has 5 nitrogen and oxygen atoms in total. The van der Waals surface area contributed by atoms with Crippen molar-refractivity contribution in [1.82, 2.24) is 9.36 Å². The lowest BCUT2D eigenvalue weighted by Crippen LogP contribution is -2.02. The molecule has 0 aromatic carbocycles. The highest BCUT2D eigenvalue weighted by molar-refractivity contribution is 7.07. The molecule has 0 N–H and O–H groups in total. The molecular weight excluding hydrogens is 192 g/mol. The van der Waals surface area contributed by atoms with Crippen LogP contribution in [0.3, 0.4) is 0 Å². The van der Waals surface area contributed by atoms with E-state index in [1.807, 2.05) is 13.8 Å². The molecule has 1 aromatic heterocycles. The molecule has 1 rings (SSSR count). The summed E-state index contributed by atoms with van der Waals surface area (Å²) in [6, 6.07) is 0. The van der Waals surface area contributed by atoms with Crippen LogP contribution in [0.25, 0.3) is 0 Å². The van der Waals surface area contributed by atoms with Crippen LogP contribution in [0.5, 0.6) is 5.19 Å². The molecular formula is C7H10N2O3S. The van der Waals surface area contributed by atoms with Crippen LogP contribution >= 0.6 is 11.5 Å². The Hall–Kier alpha value is -1.17. The summed E-state index contributed by atoms with van der Waals surface area (Å²) in [4.78, 5) is 23.2. The van der Waals surface area contributed by atoms with Gasteiger partial charge in [-0.15, -0.1) is 0 Å². The number of hydrogen-bond acceptors (Lipinski definition) is 6.